The number of ether oxygens (including phenoxy) is 3. The fraction of sp³-hybridized carbons (Fsp3) is 0.533. The van der Waals surface area contributed by atoms with Gasteiger partial charge >= 0.3 is 6.09 Å². The molecule has 2 rings (SSSR count). The Kier molecular flexibility index (Phi) is 4.66. The molecule has 1 saturated heterocycles. The number of nitrogens with zero attached hydrogens (tertiary/aromatic N) is 1. The molecule has 1 aliphatic rings. The summed E-state index contributed by atoms with van der Waals surface area (Å²) in [6.45, 7) is 6.64. The Bertz CT molecular complexity index is 521. The average Bonchev–Trinajstić information content (AvgIpc) is 2.31. The Morgan fingerprint density at radius 1 is 1.33 bits per heavy atom. The van der Waals surface area contributed by atoms with Crippen molar-refractivity contribution >= 4 is 22.0 Å². The molecule has 0 bridgehead atoms. The van der Waals surface area contributed by atoms with E-state index in [-0.39, 0.29) is 12.2 Å². The van der Waals surface area contributed by atoms with E-state index >= 15 is 0 Å². The molecular formula is C15H20BrNO4. The quantitative estimate of drug-likeness (QED) is 0.830. The van der Waals surface area contributed by atoms with E-state index in [2.05, 4.69) is 15.9 Å². The van der Waals surface area contributed by atoms with Gasteiger partial charge in [-0.15, -0.1) is 0 Å². The van der Waals surface area contributed by atoms with Gasteiger partial charge in [0.15, 0.2) is 0 Å². The number of methoxy groups -OCH3 is 1. The Morgan fingerprint density at radius 2 is 2.00 bits per heavy atom. The van der Waals surface area contributed by atoms with E-state index in [1.54, 1.807) is 12.0 Å². The maximum absolute atomic E-state index is 11.8. The summed E-state index contributed by atoms with van der Waals surface area (Å²) in [7, 11) is 1.62. The van der Waals surface area contributed by atoms with E-state index in [4.69, 9.17) is 14.2 Å². The Morgan fingerprint density at radius 3 is 2.52 bits per heavy atom. The largest absolute Gasteiger partial charge is 0.496 e. The molecule has 0 N–H and O–H groups in total. The summed E-state index contributed by atoms with van der Waals surface area (Å²) in [5.74, 6) is 1.50. The lowest BCUT2D eigenvalue weighted by Gasteiger charge is -2.39. The number of carbonyl (C=O) groups excluding carboxylic acids is 1. The van der Waals surface area contributed by atoms with Crippen LogP contribution in [0.1, 0.15) is 20.8 Å². The van der Waals surface area contributed by atoms with Crippen LogP contribution in [0.4, 0.5) is 4.79 Å². The van der Waals surface area contributed by atoms with Gasteiger partial charge in [-0.2, -0.15) is 0 Å². The molecule has 0 radical (unpaired) electrons. The van der Waals surface area contributed by atoms with Crippen LogP contribution in [0.15, 0.2) is 22.7 Å². The molecule has 6 heteroatoms. The van der Waals surface area contributed by atoms with Crippen molar-refractivity contribution in [3.8, 4) is 11.5 Å². The fourth-order valence-electron chi connectivity index (χ4n) is 1.90. The number of halogens is 1. The number of likely N-dealkylation sites (tertiary alicyclic amines) is 1. The van der Waals surface area contributed by atoms with Crippen LogP contribution in [0.2, 0.25) is 0 Å². The number of rotatable bonds is 3. The highest BCUT2D eigenvalue weighted by atomic mass is 79.9. The maximum atomic E-state index is 11.8. The Labute approximate surface area is 133 Å². The van der Waals surface area contributed by atoms with Gasteiger partial charge in [-0.3, -0.25) is 0 Å². The van der Waals surface area contributed by atoms with Gasteiger partial charge in [0.1, 0.15) is 23.2 Å². The Hall–Kier alpha value is -1.43. The highest BCUT2D eigenvalue weighted by Gasteiger charge is 2.35. The van der Waals surface area contributed by atoms with Crippen LogP contribution in [0.5, 0.6) is 11.5 Å². The van der Waals surface area contributed by atoms with Gasteiger partial charge in [-0.05, 0) is 54.9 Å². The number of hydrogen-bond acceptors (Lipinski definition) is 4. The van der Waals surface area contributed by atoms with Crippen molar-refractivity contribution in [3.63, 3.8) is 0 Å². The molecule has 116 valence electrons. The second-order valence-corrected chi connectivity index (χ2v) is 6.78. The molecule has 0 unspecified atom stereocenters. The van der Waals surface area contributed by atoms with Crippen molar-refractivity contribution in [2.45, 2.75) is 32.5 Å². The van der Waals surface area contributed by atoms with Crippen molar-refractivity contribution in [3.05, 3.63) is 22.7 Å². The summed E-state index contributed by atoms with van der Waals surface area (Å²) in [6.07, 6.45) is -0.295. The van der Waals surface area contributed by atoms with Crippen molar-refractivity contribution in [1.82, 2.24) is 4.90 Å². The van der Waals surface area contributed by atoms with E-state index < -0.39 is 5.60 Å². The molecule has 1 aliphatic heterocycles. The Balaban J connectivity index is 1.83. The van der Waals surface area contributed by atoms with Crippen molar-refractivity contribution in [1.29, 1.82) is 0 Å². The molecule has 1 heterocycles. The van der Waals surface area contributed by atoms with E-state index in [1.165, 1.54) is 0 Å². The summed E-state index contributed by atoms with van der Waals surface area (Å²) in [6, 6.07) is 5.54. The summed E-state index contributed by atoms with van der Waals surface area (Å²) in [4.78, 5) is 13.4. The molecule has 1 aromatic carbocycles. The predicted molar refractivity (Wildman–Crippen MR) is 82.9 cm³/mol. The first kappa shape index (κ1) is 15.9. The molecule has 0 atom stereocenters. The lowest BCUT2D eigenvalue weighted by atomic mass is 10.1. The third kappa shape index (κ3) is 4.27. The molecule has 0 aromatic heterocycles. The third-order valence-electron chi connectivity index (χ3n) is 2.93. The molecule has 0 aliphatic carbocycles. The van der Waals surface area contributed by atoms with Crippen LogP contribution in [0, 0.1) is 0 Å². The fourth-order valence-corrected chi connectivity index (χ4v) is 2.42. The second kappa shape index (κ2) is 6.13. The van der Waals surface area contributed by atoms with Gasteiger partial charge in [0.2, 0.25) is 0 Å². The van der Waals surface area contributed by atoms with E-state index in [1.807, 2.05) is 39.0 Å². The van der Waals surface area contributed by atoms with Gasteiger partial charge in [-0.1, -0.05) is 0 Å². The summed E-state index contributed by atoms with van der Waals surface area (Å²) < 4.78 is 17.1. The van der Waals surface area contributed by atoms with Gasteiger partial charge in [-0.25, -0.2) is 4.79 Å². The SMILES string of the molecule is COc1ccc(OC2CN(C(=O)OC(C)(C)C)C2)cc1Br. The zero-order chi connectivity index (χ0) is 15.6. The molecule has 0 spiro atoms. The maximum Gasteiger partial charge on any atom is 0.410 e. The van der Waals surface area contributed by atoms with Gasteiger partial charge in [0, 0.05) is 0 Å². The smallest absolute Gasteiger partial charge is 0.410 e. The molecule has 1 fully saturated rings. The second-order valence-electron chi connectivity index (χ2n) is 5.92. The van der Waals surface area contributed by atoms with Gasteiger partial charge in [0.05, 0.1) is 24.7 Å². The summed E-state index contributed by atoms with van der Waals surface area (Å²) in [5, 5.41) is 0. The third-order valence-corrected chi connectivity index (χ3v) is 3.55. The molecule has 0 saturated carbocycles. The highest BCUT2D eigenvalue weighted by Crippen LogP contribution is 2.30. The normalized spacial score (nSPS) is 15.4. The van der Waals surface area contributed by atoms with Crippen molar-refractivity contribution in [2.75, 3.05) is 20.2 Å². The summed E-state index contributed by atoms with van der Waals surface area (Å²) in [5.41, 5.74) is -0.468. The van der Waals surface area contributed by atoms with Crippen LogP contribution in [0.25, 0.3) is 0 Å². The van der Waals surface area contributed by atoms with Crippen LogP contribution >= 0.6 is 15.9 Å². The molecule has 1 aromatic rings. The predicted octanol–water partition coefficient (Wildman–Crippen LogP) is 3.46. The monoisotopic (exact) mass is 357 g/mol. The topological polar surface area (TPSA) is 48.0 Å². The van der Waals surface area contributed by atoms with Crippen LogP contribution in [-0.2, 0) is 4.74 Å². The molecule has 1 amide bonds. The first-order valence-electron chi connectivity index (χ1n) is 6.76. The van der Waals surface area contributed by atoms with E-state index in [0.29, 0.717) is 13.1 Å². The number of benzene rings is 1. The number of amides is 1. The zero-order valence-corrected chi connectivity index (χ0v) is 14.3. The van der Waals surface area contributed by atoms with Crippen LogP contribution < -0.4 is 9.47 Å². The number of hydrogen-bond donors (Lipinski definition) is 0. The number of carbonyl (C=O) groups is 1. The van der Waals surface area contributed by atoms with Crippen LogP contribution in [-0.4, -0.2) is 42.9 Å². The minimum atomic E-state index is -0.468. The first-order chi connectivity index (χ1) is 9.78. The van der Waals surface area contributed by atoms with E-state index in [9.17, 15) is 4.79 Å². The van der Waals surface area contributed by atoms with Gasteiger partial charge in [0.25, 0.3) is 0 Å². The van der Waals surface area contributed by atoms with Crippen LogP contribution in [0.3, 0.4) is 0 Å². The average molecular weight is 358 g/mol. The first-order valence-corrected chi connectivity index (χ1v) is 7.56. The van der Waals surface area contributed by atoms with Crippen molar-refractivity contribution in [2.24, 2.45) is 0 Å². The molecule has 21 heavy (non-hydrogen) atoms. The molecule has 5 nitrogen and oxygen atoms in total. The van der Waals surface area contributed by atoms with Gasteiger partial charge < -0.3 is 19.1 Å². The lowest BCUT2D eigenvalue weighted by molar-refractivity contribution is -0.0221. The standard InChI is InChI=1S/C15H20BrNO4/c1-15(2,3)21-14(18)17-8-11(9-17)20-10-5-6-13(19-4)12(16)7-10/h5-7,11H,8-9H2,1-4H3. The van der Waals surface area contributed by atoms with Crippen molar-refractivity contribution < 1.29 is 19.0 Å². The lowest BCUT2D eigenvalue weighted by Crippen LogP contribution is -2.57. The van der Waals surface area contributed by atoms with E-state index in [0.717, 1.165) is 16.0 Å². The minimum absolute atomic E-state index is 0.00202. The zero-order valence-electron chi connectivity index (χ0n) is 12.7. The summed E-state index contributed by atoms with van der Waals surface area (Å²) >= 11 is 3.42. The minimum Gasteiger partial charge on any atom is -0.496 e. The highest BCUT2D eigenvalue weighted by molar-refractivity contribution is 9.10. The molecular weight excluding hydrogens is 338 g/mol.